The van der Waals surface area contributed by atoms with Gasteiger partial charge in [-0.2, -0.15) is 13.2 Å². The number of fused-ring (bicyclic) bond motifs is 2. The maximum absolute atomic E-state index is 14.0. The number of unbranched alkanes of at least 4 members (excludes halogenated alkanes) is 2. The first-order chi connectivity index (χ1) is 24.7. The Morgan fingerprint density at radius 3 is 2.51 bits per heavy atom. The zero-order valence-corrected chi connectivity index (χ0v) is 28.0. The van der Waals surface area contributed by atoms with Crippen LogP contribution < -0.4 is 19.5 Å². The molecule has 1 N–H and O–H groups in total. The molecular weight excluding hydrogens is 659 g/mol. The highest BCUT2D eigenvalue weighted by molar-refractivity contribution is 6.07. The van der Waals surface area contributed by atoms with Gasteiger partial charge < -0.3 is 19.5 Å². The van der Waals surface area contributed by atoms with E-state index in [2.05, 4.69) is 10.3 Å². The Labute approximate surface area is 293 Å². The number of urea groups is 1. The molecule has 1 saturated heterocycles. The summed E-state index contributed by atoms with van der Waals surface area (Å²) in [7, 11) is 0. The van der Waals surface area contributed by atoms with E-state index >= 15 is 0 Å². The Kier molecular flexibility index (Phi) is 9.29. The van der Waals surface area contributed by atoms with E-state index in [1.54, 1.807) is 30.5 Å². The number of aromatic nitrogens is 1. The van der Waals surface area contributed by atoms with Crippen molar-refractivity contribution in [3.8, 4) is 28.4 Å². The standard InChI is InChI=1S/C40H36F3N3O5/c1-2-39(29-17-18-33-34(23-29)51-25-50-33)37(47)46(38(48)45-39)19-7-4-8-20-49-30-14-9-13-27(22-30)35-28(21-26-11-5-3-6-12-26)24-44-36-31(35)15-10-16-32(36)40(41,42)43/h3,5-6,9-18,22-24H,2,4,7-8,19-21,25H2,1H3,(H,45,48). The molecule has 1 aromatic heterocycles. The largest absolute Gasteiger partial charge is 0.494 e. The average molecular weight is 696 g/mol. The average Bonchev–Trinajstić information content (AvgIpc) is 3.70. The maximum Gasteiger partial charge on any atom is 0.418 e. The molecule has 262 valence electrons. The summed E-state index contributed by atoms with van der Waals surface area (Å²) in [5, 5.41) is 3.33. The molecule has 5 aromatic rings. The monoisotopic (exact) mass is 695 g/mol. The lowest BCUT2D eigenvalue weighted by molar-refractivity contribution is -0.136. The van der Waals surface area contributed by atoms with Crippen molar-refractivity contribution in [3.05, 3.63) is 119 Å². The highest BCUT2D eigenvalue weighted by atomic mass is 19.4. The molecule has 0 radical (unpaired) electrons. The number of hydrogen-bond donors (Lipinski definition) is 1. The van der Waals surface area contributed by atoms with Gasteiger partial charge in [-0.1, -0.05) is 67.6 Å². The third-order valence-electron chi connectivity index (χ3n) is 9.51. The van der Waals surface area contributed by atoms with Crippen LogP contribution in [0.1, 0.15) is 54.9 Å². The molecule has 3 amide bonds. The summed E-state index contributed by atoms with van der Waals surface area (Å²) < 4.78 is 58.9. The first-order valence-corrected chi connectivity index (χ1v) is 17.0. The Morgan fingerprint density at radius 1 is 0.902 bits per heavy atom. The van der Waals surface area contributed by atoms with Crippen LogP contribution in [0.25, 0.3) is 22.0 Å². The van der Waals surface area contributed by atoms with Crippen LogP contribution >= 0.6 is 0 Å². The van der Waals surface area contributed by atoms with Gasteiger partial charge in [0.05, 0.1) is 17.7 Å². The van der Waals surface area contributed by atoms with Crippen molar-refractivity contribution in [2.75, 3.05) is 19.9 Å². The van der Waals surface area contributed by atoms with Crippen molar-refractivity contribution in [1.82, 2.24) is 15.2 Å². The van der Waals surface area contributed by atoms with Gasteiger partial charge in [0.15, 0.2) is 11.5 Å². The molecule has 0 spiro atoms. The summed E-state index contributed by atoms with van der Waals surface area (Å²) >= 11 is 0. The molecule has 2 aliphatic rings. The molecule has 1 atom stereocenters. The molecular formula is C40H36F3N3O5. The van der Waals surface area contributed by atoms with Crippen molar-refractivity contribution in [2.45, 2.75) is 50.7 Å². The molecule has 51 heavy (non-hydrogen) atoms. The number of para-hydroxylation sites is 1. The van der Waals surface area contributed by atoms with Crippen LogP contribution in [-0.2, 0) is 22.9 Å². The fraction of sp³-hybridized carbons (Fsp3) is 0.275. The van der Waals surface area contributed by atoms with E-state index in [9.17, 15) is 22.8 Å². The van der Waals surface area contributed by atoms with Crippen LogP contribution in [-0.4, -0.2) is 41.8 Å². The van der Waals surface area contributed by atoms with E-state index in [0.29, 0.717) is 72.5 Å². The molecule has 0 aliphatic carbocycles. The van der Waals surface area contributed by atoms with Gasteiger partial charge >= 0.3 is 12.2 Å². The molecule has 2 aliphatic heterocycles. The SMILES string of the molecule is CCC1(c2ccc3c(c2)OCO3)NC(=O)N(CCCCCOc2cccc(-c3c(Cc4ccccc4)cnc4c(C(F)(F)F)cccc34)c2)C1=O. The number of rotatable bonds is 12. The number of carbonyl (C=O) groups excluding carboxylic acids is 2. The molecule has 8 nitrogen and oxygen atoms in total. The second-order valence-corrected chi connectivity index (χ2v) is 12.7. The summed E-state index contributed by atoms with van der Waals surface area (Å²) in [6, 6.07) is 26.1. The summed E-state index contributed by atoms with van der Waals surface area (Å²) in [6.07, 6.45) is -0.165. The van der Waals surface area contributed by atoms with E-state index in [4.69, 9.17) is 14.2 Å². The zero-order chi connectivity index (χ0) is 35.6. The van der Waals surface area contributed by atoms with E-state index in [0.717, 1.165) is 22.8 Å². The van der Waals surface area contributed by atoms with Gasteiger partial charge in [-0.05, 0) is 90.3 Å². The molecule has 4 aromatic carbocycles. The smallest absolute Gasteiger partial charge is 0.418 e. The van der Waals surface area contributed by atoms with Gasteiger partial charge in [0, 0.05) is 18.1 Å². The Balaban J connectivity index is 1.01. The van der Waals surface area contributed by atoms with Crippen molar-refractivity contribution < 1.29 is 37.0 Å². The third-order valence-corrected chi connectivity index (χ3v) is 9.51. The first-order valence-electron chi connectivity index (χ1n) is 17.0. The number of amides is 3. The van der Waals surface area contributed by atoms with Crippen molar-refractivity contribution >= 4 is 22.8 Å². The molecule has 0 saturated carbocycles. The molecule has 11 heteroatoms. The van der Waals surface area contributed by atoms with Gasteiger partial charge in [-0.25, -0.2) is 4.79 Å². The zero-order valence-electron chi connectivity index (χ0n) is 28.0. The number of hydrogen-bond acceptors (Lipinski definition) is 6. The van der Waals surface area contributed by atoms with Gasteiger partial charge in [-0.15, -0.1) is 0 Å². The van der Waals surface area contributed by atoms with Crippen LogP contribution in [0.5, 0.6) is 17.2 Å². The van der Waals surface area contributed by atoms with Crippen molar-refractivity contribution in [2.24, 2.45) is 0 Å². The summed E-state index contributed by atoms with van der Waals surface area (Å²) in [4.78, 5) is 32.1. The molecule has 3 heterocycles. The van der Waals surface area contributed by atoms with Gasteiger partial charge in [0.25, 0.3) is 5.91 Å². The van der Waals surface area contributed by atoms with Crippen LogP contribution in [0, 0.1) is 0 Å². The Hall–Kier alpha value is -5.58. The number of ether oxygens (including phenoxy) is 3. The summed E-state index contributed by atoms with van der Waals surface area (Å²) in [5.74, 6) is 1.44. The molecule has 1 fully saturated rings. The van der Waals surface area contributed by atoms with Gasteiger partial charge in [-0.3, -0.25) is 14.7 Å². The molecule has 7 rings (SSSR count). The van der Waals surface area contributed by atoms with Crippen LogP contribution in [0.2, 0.25) is 0 Å². The van der Waals surface area contributed by atoms with E-state index < -0.39 is 23.3 Å². The normalized spacial score (nSPS) is 16.9. The van der Waals surface area contributed by atoms with Crippen LogP contribution in [0.15, 0.2) is 97.2 Å². The second-order valence-electron chi connectivity index (χ2n) is 12.7. The summed E-state index contributed by atoms with van der Waals surface area (Å²) in [5.41, 5.74) is 1.84. The Morgan fingerprint density at radius 2 is 1.71 bits per heavy atom. The number of nitrogens with zero attached hydrogens (tertiary/aromatic N) is 2. The van der Waals surface area contributed by atoms with Crippen molar-refractivity contribution in [1.29, 1.82) is 0 Å². The lowest BCUT2D eigenvalue weighted by Gasteiger charge is -2.26. The fourth-order valence-electron chi connectivity index (χ4n) is 6.89. The topological polar surface area (TPSA) is 90.0 Å². The number of carbonyl (C=O) groups is 2. The molecule has 1 unspecified atom stereocenters. The highest BCUT2D eigenvalue weighted by Gasteiger charge is 2.51. The Bertz CT molecular complexity index is 2090. The number of halogens is 3. The number of imide groups is 1. The molecule has 0 bridgehead atoms. The first kappa shape index (κ1) is 33.9. The number of benzene rings is 4. The number of alkyl halides is 3. The van der Waals surface area contributed by atoms with E-state index in [1.165, 1.54) is 11.0 Å². The van der Waals surface area contributed by atoms with Crippen LogP contribution in [0.4, 0.5) is 18.0 Å². The highest BCUT2D eigenvalue weighted by Crippen LogP contribution is 2.41. The minimum atomic E-state index is -4.55. The van der Waals surface area contributed by atoms with Crippen molar-refractivity contribution in [3.63, 3.8) is 0 Å². The predicted octanol–water partition coefficient (Wildman–Crippen LogP) is 8.65. The predicted molar refractivity (Wildman–Crippen MR) is 186 cm³/mol. The van der Waals surface area contributed by atoms with Crippen LogP contribution in [0.3, 0.4) is 0 Å². The number of pyridine rings is 1. The van der Waals surface area contributed by atoms with E-state index in [1.807, 2.05) is 61.5 Å². The lowest BCUT2D eigenvalue weighted by Crippen LogP contribution is -2.43. The maximum atomic E-state index is 14.0. The lowest BCUT2D eigenvalue weighted by atomic mass is 9.87. The minimum Gasteiger partial charge on any atom is -0.494 e. The third kappa shape index (κ3) is 6.68. The van der Waals surface area contributed by atoms with E-state index in [-0.39, 0.29) is 24.8 Å². The van der Waals surface area contributed by atoms with Gasteiger partial charge in [0.1, 0.15) is 11.3 Å². The quantitative estimate of drug-likeness (QED) is 0.104. The fourth-order valence-corrected chi connectivity index (χ4v) is 6.89. The second kappa shape index (κ2) is 14.0. The summed E-state index contributed by atoms with van der Waals surface area (Å²) in [6.45, 7) is 2.63. The number of nitrogens with one attached hydrogen (secondary N) is 1. The van der Waals surface area contributed by atoms with Gasteiger partial charge in [0.2, 0.25) is 6.79 Å². The minimum absolute atomic E-state index is 0.0969.